The number of rotatable bonds is 8. The summed E-state index contributed by atoms with van der Waals surface area (Å²) in [6.45, 7) is 4.19. The summed E-state index contributed by atoms with van der Waals surface area (Å²) in [4.78, 5) is 52.4. The second-order valence-corrected chi connectivity index (χ2v) is 11.8. The molecule has 3 aromatic heterocycles. The summed E-state index contributed by atoms with van der Waals surface area (Å²) in [6.07, 6.45) is 3.86. The van der Waals surface area contributed by atoms with E-state index in [-0.39, 0.29) is 23.7 Å². The summed E-state index contributed by atoms with van der Waals surface area (Å²) >= 11 is 1.36. The van der Waals surface area contributed by atoms with E-state index in [2.05, 4.69) is 15.0 Å². The molecule has 1 unspecified atom stereocenters. The second-order valence-electron chi connectivity index (χ2n) is 10.6. The van der Waals surface area contributed by atoms with Crippen molar-refractivity contribution in [2.24, 2.45) is 5.92 Å². The number of nitrogens with zero attached hydrogens (tertiary/aromatic N) is 5. The predicted molar refractivity (Wildman–Crippen MR) is 156 cm³/mol. The predicted octanol–water partition coefficient (Wildman–Crippen LogP) is 4.62. The van der Waals surface area contributed by atoms with Gasteiger partial charge in [-0.2, -0.15) is 0 Å². The molecule has 11 heteroatoms. The van der Waals surface area contributed by atoms with E-state index in [1.54, 1.807) is 41.0 Å². The van der Waals surface area contributed by atoms with Crippen molar-refractivity contribution in [1.82, 2.24) is 24.1 Å². The van der Waals surface area contributed by atoms with E-state index < -0.39 is 17.3 Å². The van der Waals surface area contributed by atoms with Crippen molar-refractivity contribution in [1.29, 1.82) is 0 Å². The molecular formula is C30H29FN6O3S. The first-order valence-corrected chi connectivity index (χ1v) is 14.3. The van der Waals surface area contributed by atoms with Crippen molar-refractivity contribution in [2.75, 3.05) is 11.9 Å². The third-order valence-corrected chi connectivity index (χ3v) is 8.68. The Hall–Kier alpha value is -4.38. The van der Waals surface area contributed by atoms with Crippen LogP contribution >= 0.6 is 11.3 Å². The lowest BCUT2D eigenvalue weighted by atomic mass is 9.97. The number of anilines is 1. The average molecular weight is 573 g/mol. The minimum Gasteiger partial charge on any atom is -0.317 e. The lowest BCUT2D eigenvalue weighted by Gasteiger charge is -2.22. The molecule has 6 rings (SSSR count). The highest BCUT2D eigenvalue weighted by Gasteiger charge is 2.27. The van der Waals surface area contributed by atoms with E-state index >= 15 is 0 Å². The van der Waals surface area contributed by atoms with Crippen LogP contribution in [0, 0.1) is 25.6 Å². The summed E-state index contributed by atoms with van der Waals surface area (Å²) in [5, 5.41) is 0.829. The van der Waals surface area contributed by atoms with Gasteiger partial charge in [0.25, 0.3) is 11.5 Å². The quantitative estimate of drug-likeness (QED) is 0.292. The summed E-state index contributed by atoms with van der Waals surface area (Å²) < 4.78 is 18.1. The third-order valence-electron chi connectivity index (χ3n) is 7.62. The number of aromatic nitrogens is 5. The maximum Gasteiger partial charge on any atom is 0.330 e. The summed E-state index contributed by atoms with van der Waals surface area (Å²) in [5.74, 6) is -0.103. The highest BCUT2D eigenvalue weighted by molar-refractivity contribution is 7.13. The number of carbonyl (C=O) groups excluding carboxylic acids is 1. The zero-order valence-electron chi connectivity index (χ0n) is 22.9. The van der Waals surface area contributed by atoms with Crippen molar-refractivity contribution >= 4 is 34.1 Å². The molecule has 0 saturated heterocycles. The summed E-state index contributed by atoms with van der Waals surface area (Å²) in [7, 11) is 1.71. The van der Waals surface area contributed by atoms with Gasteiger partial charge in [-0.15, -0.1) is 11.3 Å². The minimum atomic E-state index is -0.537. The number of hydrogen-bond donors (Lipinski definition) is 1. The molecular weight excluding hydrogens is 543 g/mol. The molecule has 5 aromatic rings. The van der Waals surface area contributed by atoms with Gasteiger partial charge in [-0.05, 0) is 61.9 Å². The molecule has 1 N–H and O–H groups in total. The number of aromatic amines is 1. The number of benzene rings is 2. The van der Waals surface area contributed by atoms with E-state index in [1.165, 1.54) is 22.0 Å². The van der Waals surface area contributed by atoms with Crippen LogP contribution in [0.2, 0.25) is 0 Å². The van der Waals surface area contributed by atoms with Gasteiger partial charge < -0.3 is 9.47 Å². The molecule has 1 fully saturated rings. The Balaban J connectivity index is 1.41. The molecule has 3 heterocycles. The monoisotopic (exact) mass is 572 g/mol. The lowest BCUT2D eigenvalue weighted by molar-refractivity contribution is 0.0996. The molecule has 41 heavy (non-hydrogen) atoms. The fourth-order valence-electron chi connectivity index (χ4n) is 5.22. The topological polar surface area (TPSA) is 106 Å². The zero-order valence-corrected chi connectivity index (χ0v) is 23.7. The van der Waals surface area contributed by atoms with Crippen LogP contribution in [0.15, 0.2) is 64.4 Å². The molecule has 2 aromatic carbocycles. The minimum absolute atomic E-state index is 0.149. The number of fused-ring (bicyclic) bond motifs is 1. The van der Waals surface area contributed by atoms with Crippen LogP contribution in [0.25, 0.3) is 11.2 Å². The van der Waals surface area contributed by atoms with Crippen molar-refractivity contribution in [3.05, 3.63) is 108 Å². The number of nitrogens with one attached hydrogen (secondary N) is 1. The van der Waals surface area contributed by atoms with Gasteiger partial charge in [0.15, 0.2) is 11.2 Å². The number of aryl methyl sites for hydroxylation is 2. The Kier molecular flexibility index (Phi) is 6.90. The Labute approximate surface area is 238 Å². The Morgan fingerprint density at radius 2 is 1.88 bits per heavy atom. The molecule has 1 saturated carbocycles. The third kappa shape index (κ3) is 5.13. The van der Waals surface area contributed by atoms with Crippen LogP contribution in [-0.2, 0) is 13.0 Å². The van der Waals surface area contributed by atoms with Crippen LogP contribution in [0.5, 0.6) is 0 Å². The van der Waals surface area contributed by atoms with Crippen LogP contribution < -0.4 is 16.1 Å². The van der Waals surface area contributed by atoms with Crippen LogP contribution in [0.1, 0.15) is 50.4 Å². The largest absolute Gasteiger partial charge is 0.330 e. The molecule has 1 aliphatic rings. The number of thiazole rings is 1. The zero-order chi connectivity index (χ0) is 28.8. The van der Waals surface area contributed by atoms with Gasteiger partial charge in [-0.3, -0.25) is 19.1 Å². The van der Waals surface area contributed by atoms with E-state index in [1.807, 2.05) is 38.1 Å². The van der Waals surface area contributed by atoms with Gasteiger partial charge in [-0.1, -0.05) is 30.3 Å². The number of halogens is 1. The summed E-state index contributed by atoms with van der Waals surface area (Å²) in [5.41, 5.74) is 2.22. The normalized spacial score (nSPS) is 14.0. The van der Waals surface area contributed by atoms with Gasteiger partial charge in [0, 0.05) is 25.7 Å². The molecule has 1 amide bonds. The fraction of sp³-hybridized carbons (Fsp3) is 0.300. The lowest BCUT2D eigenvalue weighted by Crippen LogP contribution is -2.32. The van der Waals surface area contributed by atoms with Gasteiger partial charge in [-0.25, -0.2) is 19.2 Å². The molecule has 210 valence electrons. The molecule has 0 spiro atoms. The number of hydrogen-bond acceptors (Lipinski definition) is 6. The number of amides is 1. The first-order chi connectivity index (χ1) is 19.7. The van der Waals surface area contributed by atoms with Crippen LogP contribution in [0.3, 0.4) is 0 Å². The Bertz CT molecular complexity index is 1880. The van der Waals surface area contributed by atoms with E-state index in [4.69, 9.17) is 0 Å². The number of H-pyrrole nitrogens is 1. The highest BCUT2D eigenvalue weighted by Crippen LogP contribution is 2.32. The number of carbonyl (C=O) groups is 1. The first-order valence-electron chi connectivity index (χ1n) is 13.5. The van der Waals surface area contributed by atoms with Gasteiger partial charge in [0.05, 0.1) is 23.1 Å². The molecule has 0 radical (unpaired) electrons. The van der Waals surface area contributed by atoms with Gasteiger partial charge >= 0.3 is 5.69 Å². The molecule has 0 aliphatic heterocycles. The van der Waals surface area contributed by atoms with Crippen molar-refractivity contribution in [2.45, 2.75) is 45.7 Å². The van der Waals surface area contributed by atoms with E-state index in [9.17, 15) is 18.8 Å². The Morgan fingerprint density at radius 1 is 1.15 bits per heavy atom. The molecule has 9 nitrogen and oxygen atoms in total. The second kappa shape index (κ2) is 10.5. The van der Waals surface area contributed by atoms with E-state index in [0.717, 1.165) is 23.4 Å². The first kappa shape index (κ1) is 26.8. The highest BCUT2D eigenvalue weighted by atomic mass is 32.1. The maximum atomic E-state index is 14.8. The maximum absolute atomic E-state index is 14.8. The van der Waals surface area contributed by atoms with Crippen molar-refractivity contribution in [3.8, 4) is 0 Å². The fourth-order valence-corrected chi connectivity index (χ4v) is 6.12. The van der Waals surface area contributed by atoms with Crippen LogP contribution in [0.4, 0.5) is 10.1 Å². The molecule has 0 bridgehead atoms. The van der Waals surface area contributed by atoms with Crippen molar-refractivity contribution in [3.63, 3.8) is 0 Å². The van der Waals surface area contributed by atoms with E-state index in [0.29, 0.717) is 39.9 Å². The Morgan fingerprint density at radius 3 is 2.54 bits per heavy atom. The van der Waals surface area contributed by atoms with Crippen molar-refractivity contribution < 1.29 is 9.18 Å². The molecule has 1 aliphatic carbocycles. The molecule has 1 atom stereocenters. The SMILES string of the molecule is Cc1nc(C)c(C(=O)N(C)c2ccc(C(Cc3ccccc3F)n3cnc4c3c(=O)[nH]c(=O)n4CC3CC3)cc2)s1. The number of imidazole rings is 1. The summed E-state index contributed by atoms with van der Waals surface area (Å²) in [6, 6.07) is 13.4. The average Bonchev–Trinajstić information content (AvgIpc) is 3.57. The standard InChI is InChI=1S/C30H29FN6O3S/c1-17-26(41-18(2)33-17)29(39)35(3)22-12-10-20(11-13-22)24(14-21-6-4-5-7-23(21)31)37-16-32-27-25(37)28(38)34-30(40)36(27)15-19-8-9-19/h4-7,10-13,16,19,24H,8-9,14-15H2,1-3H3,(H,34,38,40). The van der Waals surface area contributed by atoms with Gasteiger partial charge in [0.1, 0.15) is 10.7 Å². The smallest absolute Gasteiger partial charge is 0.317 e. The van der Waals surface area contributed by atoms with Gasteiger partial charge in [0.2, 0.25) is 0 Å². The van der Waals surface area contributed by atoms with Crippen LogP contribution in [-0.4, -0.2) is 37.0 Å².